The second-order valence-electron chi connectivity index (χ2n) is 2.58. The van der Waals surface area contributed by atoms with E-state index in [1.54, 1.807) is 18.0 Å². The smallest absolute Gasteiger partial charge is 0.0932 e. The van der Waals surface area contributed by atoms with Crippen LogP contribution in [0.5, 0.6) is 0 Å². The molecule has 1 aromatic rings. The quantitative estimate of drug-likeness (QED) is 0.720. The second-order valence-corrected chi connectivity index (χ2v) is 3.68. The molecule has 72 valence electrons. The Kier molecular flexibility index (Phi) is 4.39. The summed E-state index contributed by atoms with van der Waals surface area (Å²) in [6.45, 7) is 2.11. The third-order valence-electron chi connectivity index (χ3n) is 1.60. The molecule has 0 spiro atoms. The van der Waals surface area contributed by atoms with Gasteiger partial charge < -0.3 is 0 Å². The lowest BCUT2D eigenvalue weighted by atomic mass is 10.4. The van der Waals surface area contributed by atoms with Crippen molar-refractivity contribution in [3.63, 3.8) is 0 Å². The minimum absolute atomic E-state index is 0.522. The molecule has 2 nitrogen and oxygen atoms in total. The molecule has 0 fully saturated rings. The van der Waals surface area contributed by atoms with Crippen molar-refractivity contribution >= 4 is 28.4 Å². The van der Waals surface area contributed by atoms with Gasteiger partial charge in [0, 0.05) is 11.8 Å². The van der Waals surface area contributed by atoms with Crippen LogP contribution in [0.3, 0.4) is 0 Å². The lowest BCUT2D eigenvalue weighted by Crippen LogP contribution is -1.93. The topological polar surface area (TPSA) is 17.8 Å². The van der Waals surface area contributed by atoms with Crippen LogP contribution in [0.25, 0.3) is 5.03 Å². The summed E-state index contributed by atoms with van der Waals surface area (Å²) in [7, 11) is 0. The van der Waals surface area contributed by atoms with E-state index < -0.39 is 0 Å². The first-order valence-electron chi connectivity index (χ1n) is 4.15. The fourth-order valence-electron chi connectivity index (χ4n) is 0.995. The monoisotopic (exact) mass is 216 g/mol. The van der Waals surface area contributed by atoms with Crippen LogP contribution >= 0.6 is 23.4 Å². The van der Waals surface area contributed by atoms with Gasteiger partial charge in [-0.1, -0.05) is 13.0 Å². The number of alkyl halides is 1. The molecule has 0 radical (unpaired) electrons. The normalized spacial score (nSPS) is 12.1. The van der Waals surface area contributed by atoms with Crippen LogP contribution in [-0.2, 0) is 5.88 Å². The highest BCUT2D eigenvalue weighted by Crippen LogP contribution is 2.18. The van der Waals surface area contributed by atoms with Gasteiger partial charge in [0.05, 0.1) is 17.1 Å². The highest BCUT2D eigenvalue weighted by Gasteiger charge is 2.00. The van der Waals surface area contributed by atoms with Crippen LogP contribution in [-0.4, -0.2) is 16.0 Å². The molecule has 1 aromatic heterocycles. The number of thioether (sulfide) groups is 1. The molecule has 1 heterocycles. The van der Waals surface area contributed by atoms with Crippen molar-refractivity contribution in [2.45, 2.75) is 19.2 Å². The molecule has 0 saturated carbocycles. The number of allylic oxidation sites excluding steroid dienone is 1. The van der Waals surface area contributed by atoms with Gasteiger partial charge in [-0.2, -0.15) is 5.10 Å². The zero-order chi connectivity index (χ0) is 9.68. The van der Waals surface area contributed by atoms with E-state index in [4.69, 9.17) is 11.6 Å². The average molecular weight is 217 g/mol. The van der Waals surface area contributed by atoms with Crippen molar-refractivity contribution in [3.8, 4) is 0 Å². The van der Waals surface area contributed by atoms with Crippen molar-refractivity contribution in [2.24, 2.45) is 0 Å². The SMILES string of the molecule is CC/C=C(\SC)n1cc(CCl)cn1. The summed E-state index contributed by atoms with van der Waals surface area (Å²) < 4.78 is 1.87. The van der Waals surface area contributed by atoms with E-state index in [1.807, 2.05) is 17.1 Å². The molecule has 0 amide bonds. The minimum Gasteiger partial charge on any atom is -0.235 e. The molecule has 4 heteroatoms. The minimum atomic E-state index is 0.522. The third kappa shape index (κ3) is 2.78. The molecule has 0 aliphatic heterocycles. The Bertz CT molecular complexity index is 294. The van der Waals surface area contributed by atoms with E-state index >= 15 is 0 Å². The van der Waals surface area contributed by atoms with Crippen LogP contribution < -0.4 is 0 Å². The number of aromatic nitrogens is 2. The van der Waals surface area contributed by atoms with Gasteiger partial charge in [-0.3, -0.25) is 0 Å². The first-order chi connectivity index (χ1) is 6.31. The first kappa shape index (κ1) is 10.7. The number of hydrogen-bond acceptors (Lipinski definition) is 2. The molecule has 0 unspecified atom stereocenters. The molecule has 1 rings (SSSR count). The van der Waals surface area contributed by atoms with Gasteiger partial charge in [0.15, 0.2) is 0 Å². The molecule has 0 aliphatic carbocycles. The van der Waals surface area contributed by atoms with Crippen LogP contribution in [0.4, 0.5) is 0 Å². The maximum Gasteiger partial charge on any atom is 0.0932 e. The van der Waals surface area contributed by atoms with Gasteiger partial charge in [-0.25, -0.2) is 4.68 Å². The number of halogens is 1. The molecule has 0 aromatic carbocycles. The molecule has 0 bridgehead atoms. The fourth-order valence-corrected chi connectivity index (χ4v) is 1.75. The summed E-state index contributed by atoms with van der Waals surface area (Å²) in [4.78, 5) is 0. The lowest BCUT2D eigenvalue weighted by Gasteiger charge is -2.02. The van der Waals surface area contributed by atoms with Gasteiger partial charge >= 0.3 is 0 Å². The zero-order valence-electron chi connectivity index (χ0n) is 7.83. The zero-order valence-corrected chi connectivity index (χ0v) is 9.40. The van der Waals surface area contributed by atoms with Crippen molar-refractivity contribution in [1.29, 1.82) is 0 Å². The van der Waals surface area contributed by atoms with Crippen LogP contribution in [0.1, 0.15) is 18.9 Å². The van der Waals surface area contributed by atoms with E-state index in [0.717, 1.165) is 17.0 Å². The number of nitrogens with zero attached hydrogens (tertiary/aromatic N) is 2. The van der Waals surface area contributed by atoms with Crippen molar-refractivity contribution in [3.05, 3.63) is 24.0 Å². The summed E-state index contributed by atoms with van der Waals surface area (Å²) in [5.41, 5.74) is 1.05. The van der Waals surface area contributed by atoms with Gasteiger partial charge in [0.1, 0.15) is 0 Å². The highest BCUT2D eigenvalue weighted by atomic mass is 35.5. The van der Waals surface area contributed by atoms with Crippen molar-refractivity contribution in [1.82, 2.24) is 9.78 Å². The van der Waals surface area contributed by atoms with E-state index in [2.05, 4.69) is 18.1 Å². The lowest BCUT2D eigenvalue weighted by molar-refractivity contribution is 0.920. The van der Waals surface area contributed by atoms with Crippen LogP contribution in [0.15, 0.2) is 18.5 Å². The molecule has 0 aliphatic rings. The van der Waals surface area contributed by atoms with Crippen LogP contribution in [0, 0.1) is 0 Å². The fraction of sp³-hybridized carbons (Fsp3) is 0.444. The second kappa shape index (κ2) is 5.35. The Hall–Kier alpha value is -0.410. The van der Waals surface area contributed by atoms with E-state index in [9.17, 15) is 0 Å². The Morgan fingerprint density at radius 1 is 1.77 bits per heavy atom. The summed E-state index contributed by atoms with van der Waals surface area (Å²) in [6.07, 6.45) is 8.98. The molecule has 0 N–H and O–H groups in total. The van der Waals surface area contributed by atoms with Crippen molar-refractivity contribution in [2.75, 3.05) is 6.26 Å². The van der Waals surface area contributed by atoms with Gasteiger partial charge in [0.2, 0.25) is 0 Å². The summed E-state index contributed by atoms with van der Waals surface area (Å²) in [5, 5.41) is 5.37. The Morgan fingerprint density at radius 2 is 2.54 bits per heavy atom. The predicted molar refractivity (Wildman–Crippen MR) is 59.9 cm³/mol. The first-order valence-corrected chi connectivity index (χ1v) is 5.91. The Balaban J connectivity index is 2.85. The Labute approximate surface area is 88.0 Å². The maximum atomic E-state index is 5.69. The van der Waals surface area contributed by atoms with Gasteiger partial charge in [-0.15, -0.1) is 23.4 Å². The van der Waals surface area contributed by atoms with Gasteiger partial charge in [-0.05, 0) is 12.7 Å². The largest absolute Gasteiger partial charge is 0.235 e. The highest BCUT2D eigenvalue weighted by molar-refractivity contribution is 8.07. The molecular formula is C9H13ClN2S. The standard InChI is InChI=1S/C9H13ClN2S/c1-3-4-9(13-2)12-7-8(5-10)6-11-12/h4,6-7H,3,5H2,1-2H3/b9-4-. The molecular weight excluding hydrogens is 204 g/mol. The molecule has 0 saturated heterocycles. The third-order valence-corrected chi connectivity index (χ3v) is 2.68. The maximum absolute atomic E-state index is 5.69. The Morgan fingerprint density at radius 3 is 3.00 bits per heavy atom. The van der Waals surface area contributed by atoms with E-state index in [1.165, 1.54) is 0 Å². The molecule has 0 atom stereocenters. The summed E-state index contributed by atoms with van der Waals surface area (Å²) in [6, 6.07) is 0. The predicted octanol–water partition coefficient (Wildman–Crippen LogP) is 3.19. The van der Waals surface area contributed by atoms with E-state index in [-0.39, 0.29) is 0 Å². The number of hydrogen-bond donors (Lipinski definition) is 0. The summed E-state index contributed by atoms with van der Waals surface area (Å²) >= 11 is 7.38. The average Bonchev–Trinajstić information content (AvgIpc) is 2.62. The van der Waals surface area contributed by atoms with Crippen LogP contribution in [0.2, 0.25) is 0 Å². The van der Waals surface area contributed by atoms with Gasteiger partial charge in [0.25, 0.3) is 0 Å². The summed E-state index contributed by atoms with van der Waals surface area (Å²) in [5.74, 6) is 0.522. The van der Waals surface area contributed by atoms with E-state index in [0.29, 0.717) is 5.88 Å². The molecule has 13 heavy (non-hydrogen) atoms. The van der Waals surface area contributed by atoms with Crippen molar-refractivity contribution < 1.29 is 0 Å². The number of rotatable bonds is 4.